The van der Waals surface area contributed by atoms with Crippen molar-refractivity contribution < 1.29 is 19.1 Å². The van der Waals surface area contributed by atoms with Crippen LogP contribution in [0.2, 0.25) is 0 Å². The number of nitrogens with one attached hydrogen (secondary N) is 2. The number of carbonyl (C=O) groups is 2. The first kappa shape index (κ1) is 24.1. The van der Waals surface area contributed by atoms with E-state index < -0.39 is 0 Å². The van der Waals surface area contributed by atoms with Crippen molar-refractivity contribution in [2.24, 2.45) is 0 Å². The molecule has 4 rings (SSSR count). The number of ether oxygens (including phenoxy) is 2. The minimum absolute atomic E-state index is 0.156. The van der Waals surface area contributed by atoms with Crippen molar-refractivity contribution in [2.45, 2.75) is 32.7 Å². The Hall–Kier alpha value is -4.06. The van der Waals surface area contributed by atoms with Crippen molar-refractivity contribution in [3.63, 3.8) is 0 Å². The standard InChI is InChI=1S/C29H30N2O4/c1-5-35-23-12-9-19(10-13-23)28(33)30-22-8-6-7-20(15-22)27(32)17-26-25-16-24(34-4)14-11-21(25)18-29(2,3)31-26/h6-17,31H,5,18H2,1-4H3,(H,30,33). The molecule has 0 bridgehead atoms. The van der Waals surface area contributed by atoms with Crippen LogP contribution in [0.1, 0.15) is 52.6 Å². The van der Waals surface area contributed by atoms with E-state index in [-0.39, 0.29) is 17.2 Å². The van der Waals surface area contributed by atoms with Crippen LogP contribution in [0.25, 0.3) is 5.70 Å². The van der Waals surface area contributed by atoms with E-state index in [0.717, 1.165) is 29.0 Å². The summed E-state index contributed by atoms with van der Waals surface area (Å²) in [5.74, 6) is 1.04. The van der Waals surface area contributed by atoms with Gasteiger partial charge < -0.3 is 20.1 Å². The Balaban J connectivity index is 1.56. The lowest BCUT2D eigenvalue weighted by Crippen LogP contribution is -2.43. The molecule has 1 aliphatic rings. The monoisotopic (exact) mass is 470 g/mol. The summed E-state index contributed by atoms with van der Waals surface area (Å²) in [5, 5.41) is 6.36. The third-order valence-electron chi connectivity index (χ3n) is 5.82. The second-order valence-corrected chi connectivity index (χ2v) is 9.12. The Bertz CT molecular complexity index is 1280. The minimum atomic E-state index is -0.257. The van der Waals surface area contributed by atoms with Crippen molar-refractivity contribution in [2.75, 3.05) is 19.0 Å². The molecule has 6 nitrogen and oxygen atoms in total. The minimum Gasteiger partial charge on any atom is -0.497 e. The lowest BCUT2D eigenvalue weighted by molar-refractivity contribution is 0.102. The van der Waals surface area contributed by atoms with E-state index in [0.29, 0.717) is 29.2 Å². The summed E-state index contributed by atoms with van der Waals surface area (Å²) in [7, 11) is 1.63. The number of allylic oxidation sites excluding steroid dienone is 1. The van der Waals surface area contributed by atoms with Gasteiger partial charge in [-0.3, -0.25) is 9.59 Å². The molecule has 3 aromatic carbocycles. The van der Waals surface area contributed by atoms with Crippen molar-refractivity contribution >= 4 is 23.1 Å². The van der Waals surface area contributed by atoms with E-state index >= 15 is 0 Å². The van der Waals surface area contributed by atoms with Gasteiger partial charge in [0.15, 0.2) is 5.78 Å². The molecule has 2 N–H and O–H groups in total. The molecule has 1 amide bonds. The van der Waals surface area contributed by atoms with Gasteiger partial charge in [0.05, 0.1) is 13.7 Å². The summed E-state index contributed by atoms with van der Waals surface area (Å²) < 4.78 is 10.8. The number of rotatable bonds is 7. The van der Waals surface area contributed by atoms with Crippen LogP contribution in [-0.2, 0) is 6.42 Å². The first-order chi connectivity index (χ1) is 16.8. The van der Waals surface area contributed by atoms with Crippen LogP contribution in [0.4, 0.5) is 5.69 Å². The van der Waals surface area contributed by atoms with Crippen molar-refractivity contribution in [1.29, 1.82) is 0 Å². The maximum absolute atomic E-state index is 13.2. The summed E-state index contributed by atoms with van der Waals surface area (Å²) in [5.41, 5.74) is 4.21. The summed E-state index contributed by atoms with van der Waals surface area (Å²) in [6.45, 7) is 6.69. The normalized spacial score (nSPS) is 15.0. The van der Waals surface area contributed by atoms with Gasteiger partial charge >= 0.3 is 0 Å². The van der Waals surface area contributed by atoms with Crippen LogP contribution in [0.15, 0.2) is 72.8 Å². The fourth-order valence-corrected chi connectivity index (χ4v) is 4.19. The second kappa shape index (κ2) is 10.1. The number of fused-ring (bicyclic) bond motifs is 1. The van der Waals surface area contributed by atoms with Gasteiger partial charge in [-0.1, -0.05) is 18.2 Å². The van der Waals surface area contributed by atoms with E-state index in [4.69, 9.17) is 9.47 Å². The Morgan fingerprint density at radius 2 is 1.74 bits per heavy atom. The number of benzene rings is 3. The van der Waals surface area contributed by atoms with Crippen LogP contribution in [0.5, 0.6) is 11.5 Å². The van der Waals surface area contributed by atoms with Gasteiger partial charge in [0.1, 0.15) is 11.5 Å². The number of anilines is 1. The Morgan fingerprint density at radius 3 is 2.46 bits per heavy atom. The summed E-state index contributed by atoms with van der Waals surface area (Å²) in [6, 6.07) is 19.8. The molecule has 0 aromatic heterocycles. The molecule has 0 fully saturated rings. The predicted molar refractivity (Wildman–Crippen MR) is 138 cm³/mol. The zero-order valence-corrected chi connectivity index (χ0v) is 20.5. The van der Waals surface area contributed by atoms with E-state index in [1.165, 1.54) is 0 Å². The lowest BCUT2D eigenvalue weighted by Gasteiger charge is -2.35. The third kappa shape index (κ3) is 5.72. The van der Waals surface area contributed by atoms with Crippen LogP contribution in [0, 0.1) is 0 Å². The van der Waals surface area contributed by atoms with Gasteiger partial charge in [-0.15, -0.1) is 0 Å². The maximum atomic E-state index is 13.2. The highest BCUT2D eigenvalue weighted by molar-refractivity contribution is 6.10. The molecule has 1 heterocycles. The van der Waals surface area contributed by atoms with Crippen LogP contribution in [-0.4, -0.2) is 30.9 Å². The second-order valence-electron chi connectivity index (χ2n) is 9.12. The van der Waals surface area contributed by atoms with Crippen LogP contribution >= 0.6 is 0 Å². The van der Waals surface area contributed by atoms with Gasteiger partial charge in [-0.2, -0.15) is 0 Å². The molecule has 3 aromatic rings. The smallest absolute Gasteiger partial charge is 0.255 e. The first-order valence-electron chi connectivity index (χ1n) is 11.6. The van der Waals surface area contributed by atoms with Crippen LogP contribution in [0.3, 0.4) is 0 Å². The number of carbonyl (C=O) groups excluding carboxylic acids is 2. The quantitative estimate of drug-likeness (QED) is 0.353. The molecule has 180 valence electrons. The van der Waals surface area contributed by atoms with Gasteiger partial charge in [0.25, 0.3) is 5.91 Å². The number of ketones is 1. The lowest BCUT2D eigenvalue weighted by atomic mass is 9.85. The summed E-state index contributed by atoms with van der Waals surface area (Å²) in [6.07, 6.45) is 2.46. The average molecular weight is 471 g/mol. The Labute approximate surface area is 206 Å². The molecule has 0 radical (unpaired) electrons. The molecule has 0 saturated heterocycles. The molecule has 6 heteroatoms. The number of hydrogen-bond acceptors (Lipinski definition) is 5. The fraction of sp³-hybridized carbons (Fsp3) is 0.241. The molecule has 0 atom stereocenters. The maximum Gasteiger partial charge on any atom is 0.255 e. The molecule has 0 aliphatic carbocycles. The average Bonchev–Trinajstić information content (AvgIpc) is 2.84. The van der Waals surface area contributed by atoms with E-state index in [9.17, 15) is 9.59 Å². The van der Waals surface area contributed by atoms with Gasteiger partial charge in [0.2, 0.25) is 0 Å². The highest BCUT2D eigenvalue weighted by Gasteiger charge is 2.28. The molecular weight excluding hydrogens is 440 g/mol. The number of methoxy groups -OCH3 is 1. The zero-order chi connectivity index (χ0) is 25.0. The molecular formula is C29H30N2O4. The Kier molecular flexibility index (Phi) is 6.92. The van der Waals surface area contributed by atoms with Gasteiger partial charge in [-0.05, 0) is 81.3 Å². The van der Waals surface area contributed by atoms with E-state index in [2.05, 4.69) is 24.5 Å². The zero-order valence-electron chi connectivity index (χ0n) is 20.5. The molecule has 35 heavy (non-hydrogen) atoms. The highest BCUT2D eigenvalue weighted by atomic mass is 16.5. The molecule has 0 unspecified atom stereocenters. The topological polar surface area (TPSA) is 76.7 Å². The first-order valence-corrected chi connectivity index (χ1v) is 11.6. The number of amides is 1. The molecule has 1 aliphatic heterocycles. The summed E-state index contributed by atoms with van der Waals surface area (Å²) >= 11 is 0. The molecule has 0 saturated carbocycles. The highest BCUT2D eigenvalue weighted by Crippen LogP contribution is 2.32. The molecule has 0 spiro atoms. The third-order valence-corrected chi connectivity index (χ3v) is 5.82. The van der Waals surface area contributed by atoms with Gasteiger partial charge in [-0.25, -0.2) is 0 Å². The largest absolute Gasteiger partial charge is 0.497 e. The summed E-state index contributed by atoms with van der Waals surface area (Å²) in [4.78, 5) is 25.9. The Morgan fingerprint density at radius 1 is 1.00 bits per heavy atom. The van der Waals surface area contributed by atoms with Crippen molar-refractivity contribution in [3.8, 4) is 11.5 Å². The fourth-order valence-electron chi connectivity index (χ4n) is 4.19. The van der Waals surface area contributed by atoms with Crippen LogP contribution < -0.4 is 20.1 Å². The van der Waals surface area contributed by atoms with Gasteiger partial charge in [0, 0.05) is 39.7 Å². The SMILES string of the molecule is CCOc1ccc(C(=O)Nc2cccc(C(=O)C=C3NC(C)(C)Cc4ccc(OC)cc43)c2)cc1. The van der Waals surface area contributed by atoms with Crippen molar-refractivity contribution in [3.05, 3.63) is 95.1 Å². The van der Waals surface area contributed by atoms with E-state index in [1.807, 2.05) is 25.1 Å². The number of hydrogen-bond donors (Lipinski definition) is 2. The predicted octanol–water partition coefficient (Wildman–Crippen LogP) is 5.49. The van der Waals surface area contributed by atoms with Crippen molar-refractivity contribution in [1.82, 2.24) is 5.32 Å². The van der Waals surface area contributed by atoms with E-state index in [1.54, 1.807) is 61.7 Å².